The Morgan fingerprint density at radius 3 is 1.94 bits per heavy atom. The zero-order chi connectivity index (χ0) is 13.3. The Morgan fingerprint density at radius 2 is 1.47 bits per heavy atom. The van der Waals surface area contributed by atoms with Gasteiger partial charge in [0.15, 0.2) is 0 Å². The molecule has 0 fully saturated rings. The molecular weight excluding hydrogens is 223 g/mol. The highest BCUT2D eigenvalue weighted by atomic mass is 31.0. The van der Waals surface area contributed by atoms with Crippen LogP contribution < -0.4 is 5.30 Å². The molecule has 0 heterocycles. The van der Waals surface area contributed by atoms with Gasteiger partial charge in [-0.15, -0.1) is 9.24 Å². The minimum Gasteiger partial charge on any atom is -0.105 e. The lowest BCUT2D eigenvalue weighted by molar-refractivity contribution is 0.458. The van der Waals surface area contributed by atoms with Crippen molar-refractivity contribution >= 4 is 14.5 Å². The van der Waals surface area contributed by atoms with Crippen LogP contribution in [0.1, 0.15) is 65.5 Å². The van der Waals surface area contributed by atoms with Crippen LogP contribution in [0.15, 0.2) is 18.2 Å². The summed E-state index contributed by atoms with van der Waals surface area (Å²) in [4.78, 5) is 0. The quantitative estimate of drug-likeness (QED) is 0.687. The molecular formula is C16H27P. The van der Waals surface area contributed by atoms with Gasteiger partial charge in [-0.1, -0.05) is 59.7 Å². The first-order chi connectivity index (χ1) is 7.76. The second-order valence-electron chi connectivity index (χ2n) is 6.24. The van der Waals surface area contributed by atoms with E-state index in [9.17, 15) is 0 Å². The van der Waals surface area contributed by atoms with Gasteiger partial charge < -0.3 is 0 Å². The van der Waals surface area contributed by atoms with Gasteiger partial charge in [-0.2, -0.15) is 0 Å². The number of rotatable bonds is 4. The maximum absolute atomic E-state index is 2.92. The second kappa shape index (κ2) is 5.11. The molecule has 0 spiro atoms. The first-order valence-corrected chi connectivity index (χ1v) is 7.23. The number of hydrogen-bond acceptors (Lipinski definition) is 0. The highest BCUT2D eigenvalue weighted by Crippen LogP contribution is 2.37. The van der Waals surface area contributed by atoms with E-state index in [1.54, 1.807) is 0 Å². The van der Waals surface area contributed by atoms with Crippen molar-refractivity contribution < 1.29 is 0 Å². The van der Waals surface area contributed by atoms with E-state index in [2.05, 4.69) is 69.0 Å². The molecule has 0 radical (unpaired) electrons. The molecule has 17 heavy (non-hydrogen) atoms. The second-order valence-corrected chi connectivity index (χ2v) is 6.87. The molecule has 1 heteroatoms. The van der Waals surface area contributed by atoms with Crippen molar-refractivity contribution in [1.29, 1.82) is 0 Å². The van der Waals surface area contributed by atoms with Gasteiger partial charge in [0, 0.05) is 0 Å². The van der Waals surface area contributed by atoms with Crippen molar-refractivity contribution in [2.24, 2.45) is 0 Å². The summed E-state index contributed by atoms with van der Waals surface area (Å²) in [6, 6.07) is 6.71. The summed E-state index contributed by atoms with van der Waals surface area (Å²) in [6.45, 7) is 14.0. The minimum atomic E-state index is 0.250. The van der Waals surface area contributed by atoms with E-state index >= 15 is 0 Å². The minimum absolute atomic E-state index is 0.250. The van der Waals surface area contributed by atoms with Crippen LogP contribution in [0.4, 0.5) is 0 Å². The van der Waals surface area contributed by atoms with E-state index in [1.807, 2.05) is 0 Å². The van der Waals surface area contributed by atoms with Crippen molar-refractivity contribution in [3.63, 3.8) is 0 Å². The average Bonchev–Trinajstić information content (AvgIpc) is 2.28. The molecule has 0 N–H and O–H groups in total. The highest BCUT2D eigenvalue weighted by Gasteiger charge is 2.29. The lowest BCUT2D eigenvalue weighted by atomic mass is 9.71. The van der Waals surface area contributed by atoms with Crippen LogP contribution in [0.5, 0.6) is 0 Å². The number of benzene rings is 1. The van der Waals surface area contributed by atoms with Crippen LogP contribution in [0.25, 0.3) is 0 Å². The van der Waals surface area contributed by atoms with Crippen LogP contribution in [0.2, 0.25) is 0 Å². The molecule has 1 unspecified atom stereocenters. The largest absolute Gasteiger partial charge is 0.105 e. The van der Waals surface area contributed by atoms with Crippen molar-refractivity contribution in [1.82, 2.24) is 0 Å². The van der Waals surface area contributed by atoms with Gasteiger partial charge in [0.05, 0.1) is 0 Å². The molecule has 0 aliphatic rings. The molecule has 1 aromatic rings. The Labute approximate surface area is 109 Å². The van der Waals surface area contributed by atoms with Crippen LogP contribution in [0, 0.1) is 0 Å². The van der Waals surface area contributed by atoms with E-state index in [4.69, 9.17) is 0 Å². The highest BCUT2D eigenvalue weighted by molar-refractivity contribution is 7.27. The van der Waals surface area contributed by atoms with Crippen molar-refractivity contribution in [2.45, 2.75) is 65.2 Å². The van der Waals surface area contributed by atoms with Crippen LogP contribution in [-0.2, 0) is 10.8 Å². The van der Waals surface area contributed by atoms with Gasteiger partial charge in [0.25, 0.3) is 0 Å². The summed E-state index contributed by atoms with van der Waals surface area (Å²) in [5.74, 6) is 0. The fourth-order valence-corrected chi connectivity index (χ4v) is 2.91. The molecule has 0 amide bonds. The lowest BCUT2D eigenvalue weighted by Gasteiger charge is -2.35. The van der Waals surface area contributed by atoms with E-state index in [0.717, 1.165) is 0 Å². The Balaban J connectivity index is 3.48. The first-order valence-electron chi connectivity index (χ1n) is 6.65. The summed E-state index contributed by atoms with van der Waals surface area (Å²) >= 11 is 0. The Morgan fingerprint density at radius 1 is 0.941 bits per heavy atom. The van der Waals surface area contributed by atoms with E-state index < -0.39 is 0 Å². The molecule has 1 rings (SSSR count). The topological polar surface area (TPSA) is 0 Å². The SMILES string of the molecule is CCC(C)(C)c1cccc(P)c1C(C)(C)CC. The Hall–Kier alpha value is -0.350. The Kier molecular flexibility index (Phi) is 4.42. The van der Waals surface area contributed by atoms with Gasteiger partial charge in [-0.25, -0.2) is 0 Å². The number of hydrogen-bond donors (Lipinski definition) is 0. The molecule has 0 bridgehead atoms. The standard InChI is InChI=1S/C16H27P/c1-7-15(3,4)12-10-9-11-13(17)14(12)16(5,6)8-2/h9-11H,7-8,17H2,1-6H3. The zero-order valence-electron chi connectivity index (χ0n) is 12.2. The molecule has 1 atom stereocenters. The maximum atomic E-state index is 2.92. The summed E-state index contributed by atoms with van der Waals surface area (Å²) in [6.07, 6.45) is 2.35. The predicted octanol–water partition coefficient (Wildman–Crippen LogP) is 4.56. The molecule has 0 saturated carbocycles. The molecule has 0 saturated heterocycles. The van der Waals surface area contributed by atoms with Crippen molar-refractivity contribution in [2.75, 3.05) is 0 Å². The third-order valence-electron chi connectivity index (χ3n) is 4.27. The smallest absolute Gasteiger partial charge is 0.00971 e. The molecule has 0 nitrogen and oxygen atoms in total. The van der Waals surface area contributed by atoms with Gasteiger partial charge in [0.1, 0.15) is 0 Å². The van der Waals surface area contributed by atoms with Gasteiger partial charge in [-0.05, 0) is 40.1 Å². The lowest BCUT2D eigenvalue weighted by Crippen LogP contribution is -2.30. The first kappa shape index (κ1) is 14.7. The molecule has 96 valence electrons. The van der Waals surface area contributed by atoms with Crippen LogP contribution in [0.3, 0.4) is 0 Å². The Bertz CT molecular complexity index is 389. The molecule has 1 aromatic carbocycles. The average molecular weight is 250 g/mol. The van der Waals surface area contributed by atoms with E-state index in [1.165, 1.54) is 29.3 Å². The van der Waals surface area contributed by atoms with Crippen molar-refractivity contribution in [3.05, 3.63) is 29.3 Å². The maximum Gasteiger partial charge on any atom is -0.00971 e. The summed E-state index contributed by atoms with van der Waals surface area (Å²) < 4.78 is 0. The fraction of sp³-hybridized carbons (Fsp3) is 0.625. The predicted molar refractivity (Wildman–Crippen MR) is 82.4 cm³/mol. The zero-order valence-corrected chi connectivity index (χ0v) is 13.4. The van der Waals surface area contributed by atoms with Gasteiger partial charge >= 0.3 is 0 Å². The van der Waals surface area contributed by atoms with Gasteiger partial charge in [-0.3, -0.25) is 0 Å². The normalized spacial score (nSPS) is 12.9. The third kappa shape index (κ3) is 2.91. The van der Waals surface area contributed by atoms with Crippen LogP contribution >= 0.6 is 9.24 Å². The molecule has 0 aliphatic heterocycles. The van der Waals surface area contributed by atoms with Crippen LogP contribution in [-0.4, -0.2) is 0 Å². The van der Waals surface area contributed by atoms with Gasteiger partial charge in [0.2, 0.25) is 0 Å². The fourth-order valence-electron chi connectivity index (χ4n) is 2.26. The summed E-state index contributed by atoms with van der Waals surface area (Å²) in [7, 11) is 2.92. The summed E-state index contributed by atoms with van der Waals surface area (Å²) in [5, 5.41) is 1.36. The monoisotopic (exact) mass is 250 g/mol. The molecule has 0 aliphatic carbocycles. The van der Waals surface area contributed by atoms with Crippen molar-refractivity contribution in [3.8, 4) is 0 Å². The summed E-state index contributed by atoms with van der Waals surface area (Å²) in [5.41, 5.74) is 3.55. The third-order valence-corrected chi connectivity index (χ3v) is 4.75. The van der Waals surface area contributed by atoms with E-state index in [-0.39, 0.29) is 10.8 Å². The van der Waals surface area contributed by atoms with E-state index in [0.29, 0.717) is 0 Å². The molecule has 0 aromatic heterocycles.